The first-order chi connectivity index (χ1) is 13.4. The number of Topliss-reactive ketones (excluding diaryl/α,β-unsaturated/α-hetero) is 2. The Hall–Kier alpha value is -1.91. The SMILES string of the molecule is CCCCCCCCCCCCCC1=C(OC)C(=O)C(C)=C(OC(C)=O)C1=O. The average molecular weight is 393 g/mol. The summed E-state index contributed by atoms with van der Waals surface area (Å²) >= 11 is 0. The van der Waals surface area contributed by atoms with Crippen molar-refractivity contribution in [3.63, 3.8) is 0 Å². The van der Waals surface area contributed by atoms with Gasteiger partial charge in [0, 0.05) is 18.1 Å². The molecule has 0 unspecified atom stereocenters. The number of methoxy groups -OCH3 is 1. The number of carbonyl (C=O) groups excluding carboxylic acids is 3. The number of ether oxygens (including phenoxy) is 2. The van der Waals surface area contributed by atoms with Crippen LogP contribution in [0.4, 0.5) is 0 Å². The van der Waals surface area contributed by atoms with Crippen LogP contribution in [0.1, 0.15) is 97.8 Å². The Bertz CT molecular complexity index is 612. The Morgan fingerprint density at radius 1 is 0.786 bits per heavy atom. The van der Waals surface area contributed by atoms with Gasteiger partial charge in [-0.3, -0.25) is 14.4 Å². The summed E-state index contributed by atoms with van der Waals surface area (Å²) in [7, 11) is 1.39. The topological polar surface area (TPSA) is 69.7 Å². The summed E-state index contributed by atoms with van der Waals surface area (Å²) in [5.74, 6) is -1.46. The van der Waals surface area contributed by atoms with E-state index in [0.717, 1.165) is 19.3 Å². The molecular formula is C23H36O5. The molecular weight excluding hydrogens is 356 g/mol. The van der Waals surface area contributed by atoms with Gasteiger partial charge in [-0.15, -0.1) is 0 Å². The van der Waals surface area contributed by atoms with Crippen LogP contribution in [0.15, 0.2) is 22.7 Å². The summed E-state index contributed by atoms with van der Waals surface area (Å²) in [5.41, 5.74) is 0.449. The summed E-state index contributed by atoms with van der Waals surface area (Å²) in [6.45, 7) is 4.94. The Morgan fingerprint density at radius 2 is 1.29 bits per heavy atom. The average Bonchev–Trinajstić information content (AvgIpc) is 2.67. The second-order valence-electron chi connectivity index (χ2n) is 7.50. The maximum atomic E-state index is 12.7. The van der Waals surface area contributed by atoms with Crippen molar-refractivity contribution in [1.29, 1.82) is 0 Å². The molecule has 1 rings (SSSR count). The summed E-state index contributed by atoms with van der Waals surface area (Å²) in [6, 6.07) is 0. The van der Waals surface area contributed by atoms with E-state index in [0.29, 0.717) is 12.0 Å². The fourth-order valence-electron chi connectivity index (χ4n) is 3.50. The van der Waals surface area contributed by atoms with Gasteiger partial charge >= 0.3 is 5.97 Å². The molecule has 5 nitrogen and oxygen atoms in total. The number of ketones is 2. The summed E-state index contributed by atoms with van der Waals surface area (Å²) < 4.78 is 10.2. The highest BCUT2D eigenvalue weighted by Crippen LogP contribution is 2.29. The van der Waals surface area contributed by atoms with Crippen LogP contribution in [-0.4, -0.2) is 24.6 Å². The molecule has 158 valence electrons. The number of hydrogen-bond acceptors (Lipinski definition) is 5. The van der Waals surface area contributed by atoms with Crippen molar-refractivity contribution in [1.82, 2.24) is 0 Å². The lowest BCUT2D eigenvalue weighted by molar-refractivity contribution is -0.140. The van der Waals surface area contributed by atoms with Gasteiger partial charge in [0.25, 0.3) is 0 Å². The molecule has 0 spiro atoms. The monoisotopic (exact) mass is 392 g/mol. The molecule has 1 aliphatic carbocycles. The second-order valence-corrected chi connectivity index (χ2v) is 7.50. The molecule has 0 aromatic rings. The van der Waals surface area contributed by atoms with Crippen LogP contribution < -0.4 is 0 Å². The Labute approximate surface area is 169 Å². The number of esters is 1. The van der Waals surface area contributed by atoms with Gasteiger partial charge in [0.15, 0.2) is 11.5 Å². The Morgan fingerprint density at radius 3 is 1.75 bits per heavy atom. The quantitative estimate of drug-likeness (QED) is 0.219. The van der Waals surface area contributed by atoms with Crippen molar-refractivity contribution in [2.45, 2.75) is 97.8 Å². The van der Waals surface area contributed by atoms with E-state index < -0.39 is 11.8 Å². The Kier molecular flexibility index (Phi) is 11.5. The predicted octanol–water partition coefficient (Wildman–Crippen LogP) is 5.58. The molecule has 0 saturated heterocycles. The molecule has 0 amide bonds. The zero-order valence-electron chi connectivity index (χ0n) is 18.0. The summed E-state index contributed by atoms with van der Waals surface area (Å²) in [6.07, 6.45) is 13.8. The third kappa shape index (κ3) is 7.61. The zero-order chi connectivity index (χ0) is 20.9. The third-order valence-corrected chi connectivity index (χ3v) is 5.12. The first-order valence-corrected chi connectivity index (χ1v) is 10.7. The fourth-order valence-corrected chi connectivity index (χ4v) is 3.50. The normalized spacial score (nSPS) is 14.7. The van der Waals surface area contributed by atoms with Gasteiger partial charge in [-0.1, -0.05) is 71.1 Å². The van der Waals surface area contributed by atoms with Gasteiger partial charge in [-0.25, -0.2) is 0 Å². The minimum Gasteiger partial charge on any atom is -0.492 e. The fraction of sp³-hybridized carbons (Fsp3) is 0.696. The summed E-state index contributed by atoms with van der Waals surface area (Å²) in [5, 5.41) is 0. The van der Waals surface area contributed by atoms with E-state index in [4.69, 9.17) is 9.47 Å². The molecule has 0 heterocycles. The third-order valence-electron chi connectivity index (χ3n) is 5.12. The van der Waals surface area contributed by atoms with Crippen molar-refractivity contribution in [2.75, 3.05) is 7.11 Å². The van der Waals surface area contributed by atoms with Crippen LogP contribution >= 0.6 is 0 Å². The number of hydrogen-bond donors (Lipinski definition) is 0. The van der Waals surface area contributed by atoms with Crippen molar-refractivity contribution in [3.8, 4) is 0 Å². The highest BCUT2D eigenvalue weighted by Gasteiger charge is 2.35. The molecule has 0 fully saturated rings. The standard InChI is InChI=1S/C23H36O5/c1-5-6-7-8-9-10-11-12-13-14-15-16-19-21(26)22(28-18(3)24)17(2)20(25)23(19)27-4/h5-16H2,1-4H3. The number of allylic oxidation sites excluding steroid dienone is 2. The van der Waals surface area contributed by atoms with E-state index in [9.17, 15) is 14.4 Å². The maximum absolute atomic E-state index is 12.7. The molecule has 28 heavy (non-hydrogen) atoms. The smallest absolute Gasteiger partial charge is 0.308 e. The van der Waals surface area contributed by atoms with Crippen LogP contribution in [0.3, 0.4) is 0 Å². The first kappa shape index (κ1) is 24.1. The van der Waals surface area contributed by atoms with Crippen molar-refractivity contribution in [2.24, 2.45) is 0 Å². The van der Waals surface area contributed by atoms with E-state index in [1.165, 1.54) is 72.3 Å². The summed E-state index contributed by atoms with van der Waals surface area (Å²) in [4.78, 5) is 36.4. The van der Waals surface area contributed by atoms with Crippen LogP contribution in [0, 0.1) is 0 Å². The van der Waals surface area contributed by atoms with Crippen molar-refractivity contribution >= 4 is 17.5 Å². The molecule has 1 aliphatic rings. The van der Waals surface area contributed by atoms with E-state index >= 15 is 0 Å². The minimum atomic E-state index is -0.606. The van der Waals surface area contributed by atoms with Gasteiger partial charge in [0.1, 0.15) is 0 Å². The lowest BCUT2D eigenvalue weighted by Crippen LogP contribution is -2.26. The first-order valence-electron chi connectivity index (χ1n) is 10.7. The lowest BCUT2D eigenvalue weighted by Gasteiger charge is -2.20. The highest BCUT2D eigenvalue weighted by molar-refractivity contribution is 6.23. The van der Waals surface area contributed by atoms with Crippen LogP contribution in [0.2, 0.25) is 0 Å². The van der Waals surface area contributed by atoms with Crippen LogP contribution in [0.5, 0.6) is 0 Å². The Balaban J connectivity index is 2.41. The predicted molar refractivity (Wildman–Crippen MR) is 110 cm³/mol. The molecule has 0 aromatic carbocycles. The van der Waals surface area contributed by atoms with Gasteiger partial charge in [0.2, 0.25) is 11.6 Å². The second kappa shape index (κ2) is 13.3. The molecule has 0 saturated carbocycles. The van der Waals surface area contributed by atoms with Gasteiger partial charge < -0.3 is 9.47 Å². The zero-order valence-corrected chi connectivity index (χ0v) is 18.0. The molecule has 0 N–H and O–H groups in total. The van der Waals surface area contributed by atoms with Gasteiger partial charge in [0.05, 0.1) is 7.11 Å². The number of carbonyl (C=O) groups is 3. The van der Waals surface area contributed by atoms with Crippen LogP contribution in [0.25, 0.3) is 0 Å². The van der Waals surface area contributed by atoms with Crippen LogP contribution in [-0.2, 0) is 23.9 Å². The minimum absolute atomic E-state index is 0.0884. The number of unbranched alkanes of at least 4 members (excludes halogenated alkanes) is 10. The van der Waals surface area contributed by atoms with Crippen molar-refractivity contribution < 1.29 is 23.9 Å². The van der Waals surface area contributed by atoms with E-state index in [1.54, 1.807) is 0 Å². The van der Waals surface area contributed by atoms with E-state index in [1.807, 2.05) is 0 Å². The number of rotatable bonds is 14. The van der Waals surface area contributed by atoms with E-state index in [-0.39, 0.29) is 22.9 Å². The van der Waals surface area contributed by atoms with Crippen molar-refractivity contribution in [3.05, 3.63) is 22.7 Å². The lowest BCUT2D eigenvalue weighted by atomic mass is 9.90. The van der Waals surface area contributed by atoms with Gasteiger partial charge in [-0.2, -0.15) is 0 Å². The van der Waals surface area contributed by atoms with Gasteiger partial charge in [-0.05, 0) is 19.8 Å². The maximum Gasteiger partial charge on any atom is 0.308 e. The van der Waals surface area contributed by atoms with E-state index in [2.05, 4.69) is 6.92 Å². The molecule has 0 aromatic heterocycles. The molecule has 5 heteroatoms. The highest BCUT2D eigenvalue weighted by atomic mass is 16.5. The largest absolute Gasteiger partial charge is 0.492 e. The molecule has 0 atom stereocenters. The molecule has 0 aliphatic heterocycles. The molecule has 0 bridgehead atoms. The molecule has 0 radical (unpaired) electrons.